The standard InChI is InChI=1S/C21H16N4O/c22-18-12-6-5-11-17(18)20(26)25(16-9-2-1-3-10-16)21-23-14-15-8-4-7-13-19(15)24-21/h1-14H,22H2. The lowest BCUT2D eigenvalue weighted by Gasteiger charge is -2.21. The summed E-state index contributed by atoms with van der Waals surface area (Å²) in [5.41, 5.74) is 8.29. The molecular weight excluding hydrogens is 324 g/mol. The maximum atomic E-state index is 13.3. The first-order valence-corrected chi connectivity index (χ1v) is 8.20. The van der Waals surface area contributed by atoms with Crippen LogP contribution in [0.2, 0.25) is 0 Å². The van der Waals surface area contributed by atoms with E-state index >= 15 is 0 Å². The lowest BCUT2D eigenvalue weighted by atomic mass is 10.1. The van der Waals surface area contributed by atoms with Gasteiger partial charge in [-0.2, -0.15) is 0 Å². The molecule has 0 saturated carbocycles. The van der Waals surface area contributed by atoms with Crippen molar-refractivity contribution in [1.82, 2.24) is 9.97 Å². The summed E-state index contributed by atoms with van der Waals surface area (Å²) in [6.45, 7) is 0. The van der Waals surface area contributed by atoms with E-state index in [1.165, 1.54) is 4.90 Å². The van der Waals surface area contributed by atoms with Crippen molar-refractivity contribution >= 4 is 34.1 Å². The molecule has 26 heavy (non-hydrogen) atoms. The monoisotopic (exact) mass is 340 g/mol. The molecule has 2 N–H and O–H groups in total. The average Bonchev–Trinajstić information content (AvgIpc) is 2.69. The number of anilines is 3. The van der Waals surface area contributed by atoms with Gasteiger partial charge in [-0.25, -0.2) is 14.9 Å². The first-order chi connectivity index (χ1) is 12.7. The third-order valence-electron chi connectivity index (χ3n) is 4.08. The van der Waals surface area contributed by atoms with Crippen molar-refractivity contribution in [2.45, 2.75) is 0 Å². The molecule has 0 atom stereocenters. The Labute approximate surface area is 150 Å². The molecule has 1 heterocycles. The van der Waals surface area contributed by atoms with Gasteiger partial charge in [-0.05, 0) is 30.3 Å². The van der Waals surface area contributed by atoms with E-state index in [0.29, 0.717) is 22.9 Å². The van der Waals surface area contributed by atoms with E-state index in [-0.39, 0.29) is 5.91 Å². The van der Waals surface area contributed by atoms with Gasteiger partial charge < -0.3 is 5.73 Å². The maximum Gasteiger partial charge on any atom is 0.267 e. The van der Waals surface area contributed by atoms with Gasteiger partial charge in [0.05, 0.1) is 16.8 Å². The predicted molar refractivity (Wildman–Crippen MR) is 103 cm³/mol. The second-order valence-electron chi connectivity index (χ2n) is 5.79. The number of carbonyl (C=O) groups excluding carboxylic acids is 1. The number of aromatic nitrogens is 2. The number of fused-ring (bicyclic) bond motifs is 1. The van der Waals surface area contributed by atoms with Gasteiger partial charge in [0, 0.05) is 17.3 Å². The molecule has 1 amide bonds. The Balaban J connectivity index is 1.88. The third-order valence-corrected chi connectivity index (χ3v) is 4.08. The highest BCUT2D eigenvalue weighted by Gasteiger charge is 2.23. The summed E-state index contributed by atoms with van der Waals surface area (Å²) >= 11 is 0. The van der Waals surface area contributed by atoms with E-state index in [4.69, 9.17) is 5.73 Å². The molecule has 0 unspecified atom stereocenters. The summed E-state index contributed by atoms with van der Waals surface area (Å²) in [6.07, 6.45) is 1.72. The molecule has 5 nitrogen and oxygen atoms in total. The second-order valence-corrected chi connectivity index (χ2v) is 5.79. The van der Waals surface area contributed by atoms with Crippen LogP contribution in [0.1, 0.15) is 10.4 Å². The average molecular weight is 340 g/mol. The molecule has 3 aromatic carbocycles. The van der Waals surface area contributed by atoms with Crippen LogP contribution in [-0.4, -0.2) is 15.9 Å². The molecule has 5 heteroatoms. The molecule has 4 rings (SSSR count). The van der Waals surface area contributed by atoms with Gasteiger partial charge in [-0.1, -0.05) is 48.5 Å². The third kappa shape index (κ3) is 2.86. The Morgan fingerprint density at radius 3 is 2.35 bits per heavy atom. The summed E-state index contributed by atoms with van der Waals surface area (Å²) in [6, 6.07) is 24.0. The van der Waals surface area contributed by atoms with Crippen LogP contribution >= 0.6 is 0 Å². The van der Waals surface area contributed by atoms with Crippen LogP contribution in [0.15, 0.2) is 85.1 Å². The minimum absolute atomic E-state index is 0.274. The Hall–Kier alpha value is -3.73. The van der Waals surface area contributed by atoms with Crippen molar-refractivity contribution in [3.8, 4) is 0 Å². The molecule has 0 aliphatic rings. The van der Waals surface area contributed by atoms with E-state index in [9.17, 15) is 4.79 Å². The van der Waals surface area contributed by atoms with Gasteiger partial charge in [-0.15, -0.1) is 0 Å². The van der Waals surface area contributed by atoms with Gasteiger partial charge in [-0.3, -0.25) is 4.79 Å². The fourth-order valence-corrected chi connectivity index (χ4v) is 2.78. The van der Waals surface area contributed by atoms with Crippen molar-refractivity contribution in [2.24, 2.45) is 0 Å². The summed E-state index contributed by atoms with van der Waals surface area (Å²) in [5, 5.41) is 0.913. The zero-order valence-corrected chi connectivity index (χ0v) is 13.9. The molecule has 126 valence electrons. The van der Waals surface area contributed by atoms with Crippen molar-refractivity contribution in [2.75, 3.05) is 10.6 Å². The molecule has 1 aromatic heterocycles. The number of amides is 1. The van der Waals surface area contributed by atoms with E-state index in [2.05, 4.69) is 9.97 Å². The van der Waals surface area contributed by atoms with E-state index in [0.717, 1.165) is 10.9 Å². The Morgan fingerprint density at radius 2 is 1.54 bits per heavy atom. The largest absolute Gasteiger partial charge is 0.398 e. The molecule has 0 bridgehead atoms. The van der Waals surface area contributed by atoms with Gasteiger partial charge in [0.15, 0.2) is 0 Å². The number of para-hydroxylation sites is 3. The summed E-state index contributed by atoms with van der Waals surface area (Å²) in [7, 11) is 0. The van der Waals surface area contributed by atoms with Crippen LogP contribution < -0.4 is 10.6 Å². The SMILES string of the molecule is Nc1ccccc1C(=O)N(c1ccccc1)c1ncc2ccccc2n1. The molecular formula is C21H16N4O. The number of benzene rings is 3. The zero-order valence-electron chi connectivity index (χ0n) is 13.9. The van der Waals surface area contributed by atoms with Crippen molar-refractivity contribution < 1.29 is 4.79 Å². The second kappa shape index (κ2) is 6.64. The minimum Gasteiger partial charge on any atom is -0.398 e. The Kier molecular flexibility index (Phi) is 4.03. The highest BCUT2D eigenvalue weighted by atomic mass is 16.2. The molecule has 0 spiro atoms. The first kappa shape index (κ1) is 15.8. The predicted octanol–water partition coefficient (Wildman–Crippen LogP) is 4.19. The van der Waals surface area contributed by atoms with Crippen molar-refractivity contribution in [1.29, 1.82) is 0 Å². The van der Waals surface area contributed by atoms with E-state index in [1.807, 2.05) is 54.6 Å². The number of nitrogens with two attached hydrogens (primary N) is 1. The molecule has 0 radical (unpaired) electrons. The Morgan fingerprint density at radius 1 is 0.846 bits per heavy atom. The number of hydrogen-bond acceptors (Lipinski definition) is 4. The molecule has 0 aliphatic carbocycles. The fraction of sp³-hybridized carbons (Fsp3) is 0. The zero-order chi connectivity index (χ0) is 17.9. The van der Waals surface area contributed by atoms with Gasteiger partial charge >= 0.3 is 0 Å². The van der Waals surface area contributed by atoms with E-state index < -0.39 is 0 Å². The molecule has 0 aliphatic heterocycles. The normalized spacial score (nSPS) is 10.6. The highest BCUT2D eigenvalue weighted by Crippen LogP contribution is 2.27. The van der Waals surface area contributed by atoms with Crippen LogP contribution in [0.5, 0.6) is 0 Å². The van der Waals surface area contributed by atoms with Crippen LogP contribution in [-0.2, 0) is 0 Å². The summed E-state index contributed by atoms with van der Waals surface area (Å²) in [4.78, 5) is 23.7. The van der Waals surface area contributed by atoms with Gasteiger partial charge in [0.1, 0.15) is 0 Å². The first-order valence-electron chi connectivity index (χ1n) is 8.20. The fourth-order valence-electron chi connectivity index (χ4n) is 2.78. The number of rotatable bonds is 3. The number of carbonyl (C=O) groups is 1. The van der Waals surface area contributed by atoms with Crippen LogP contribution in [0, 0.1) is 0 Å². The van der Waals surface area contributed by atoms with Crippen LogP contribution in [0.25, 0.3) is 10.9 Å². The summed E-state index contributed by atoms with van der Waals surface area (Å²) in [5.74, 6) is 0.0349. The van der Waals surface area contributed by atoms with Crippen molar-refractivity contribution in [3.05, 3.63) is 90.6 Å². The van der Waals surface area contributed by atoms with Crippen LogP contribution in [0.3, 0.4) is 0 Å². The Bertz CT molecular complexity index is 1080. The van der Waals surface area contributed by atoms with Crippen LogP contribution in [0.4, 0.5) is 17.3 Å². The number of hydrogen-bond donors (Lipinski definition) is 1. The summed E-state index contributed by atoms with van der Waals surface area (Å²) < 4.78 is 0. The topological polar surface area (TPSA) is 72.1 Å². The minimum atomic E-state index is -0.274. The quantitative estimate of drug-likeness (QED) is 0.568. The van der Waals surface area contributed by atoms with E-state index in [1.54, 1.807) is 30.5 Å². The van der Waals surface area contributed by atoms with Gasteiger partial charge in [0.25, 0.3) is 5.91 Å². The lowest BCUT2D eigenvalue weighted by molar-refractivity contribution is 0.0999. The number of nitrogens with zero attached hydrogens (tertiary/aromatic N) is 3. The smallest absolute Gasteiger partial charge is 0.267 e. The molecule has 0 saturated heterocycles. The van der Waals surface area contributed by atoms with Crippen molar-refractivity contribution in [3.63, 3.8) is 0 Å². The highest BCUT2D eigenvalue weighted by molar-refractivity contribution is 6.12. The molecule has 4 aromatic rings. The lowest BCUT2D eigenvalue weighted by Crippen LogP contribution is -2.28. The number of nitrogen functional groups attached to an aromatic ring is 1. The molecule has 0 fully saturated rings. The maximum absolute atomic E-state index is 13.3. The van der Waals surface area contributed by atoms with Gasteiger partial charge in [0.2, 0.25) is 5.95 Å².